The van der Waals surface area contributed by atoms with E-state index in [1.807, 2.05) is 11.9 Å². The summed E-state index contributed by atoms with van der Waals surface area (Å²) in [6.45, 7) is 5.24. The van der Waals surface area contributed by atoms with Crippen LogP contribution in [0.1, 0.15) is 32.6 Å². The number of nitrogens with two attached hydrogens (primary N) is 1. The van der Waals surface area contributed by atoms with E-state index in [-0.39, 0.29) is 11.9 Å². The Morgan fingerprint density at radius 3 is 2.82 bits per heavy atom. The van der Waals surface area contributed by atoms with Gasteiger partial charge in [-0.15, -0.1) is 0 Å². The number of amides is 1. The van der Waals surface area contributed by atoms with E-state index < -0.39 is 0 Å². The lowest BCUT2D eigenvalue weighted by molar-refractivity contribution is -0.130. The molecular formula is C13H27N3O. The molecular weight excluding hydrogens is 214 g/mol. The Labute approximate surface area is 105 Å². The van der Waals surface area contributed by atoms with Crippen molar-refractivity contribution in [3.8, 4) is 0 Å². The molecule has 17 heavy (non-hydrogen) atoms. The lowest BCUT2D eigenvalue weighted by Gasteiger charge is -2.22. The second kappa shape index (κ2) is 6.97. The van der Waals surface area contributed by atoms with Gasteiger partial charge in [0.2, 0.25) is 5.91 Å². The monoisotopic (exact) mass is 241 g/mol. The third-order valence-corrected chi connectivity index (χ3v) is 3.54. The van der Waals surface area contributed by atoms with E-state index in [1.54, 1.807) is 0 Å². The quantitative estimate of drug-likeness (QED) is 0.752. The van der Waals surface area contributed by atoms with Crippen LogP contribution in [-0.4, -0.2) is 55.5 Å². The molecule has 0 bridgehead atoms. The van der Waals surface area contributed by atoms with Crippen molar-refractivity contribution >= 4 is 5.91 Å². The first-order valence-corrected chi connectivity index (χ1v) is 6.71. The molecule has 2 N–H and O–H groups in total. The van der Waals surface area contributed by atoms with Crippen molar-refractivity contribution in [3.05, 3.63) is 0 Å². The molecule has 0 radical (unpaired) electrons. The van der Waals surface area contributed by atoms with Gasteiger partial charge in [0, 0.05) is 32.6 Å². The molecule has 2 unspecified atom stereocenters. The number of rotatable bonds is 6. The summed E-state index contributed by atoms with van der Waals surface area (Å²) in [7, 11) is 4.04. The Kier molecular flexibility index (Phi) is 5.92. The Balaban J connectivity index is 2.26. The third-order valence-electron chi connectivity index (χ3n) is 3.54. The lowest BCUT2D eigenvalue weighted by atomic mass is 10.1. The predicted molar refractivity (Wildman–Crippen MR) is 70.7 cm³/mol. The van der Waals surface area contributed by atoms with Crippen molar-refractivity contribution in [1.82, 2.24) is 9.80 Å². The first-order chi connectivity index (χ1) is 8.02. The summed E-state index contributed by atoms with van der Waals surface area (Å²) in [5.41, 5.74) is 5.90. The van der Waals surface area contributed by atoms with Crippen molar-refractivity contribution in [3.63, 3.8) is 0 Å². The molecule has 4 heteroatoms. The summed E-state index contributed by atoms with van der Waals surface area (Å²) in [4.78, 5) is 16.1. The summed E-state index contributed by atoms with van der Waals surface area (Å²) >= 11 is 0. The van der Waals surface area contributed by atoms with Gasteiger partial charge >= 0.3 is 0 Å². The molecule has 0 aromatic rings. The van der Waals surface area contributed by atoms with Gasteiger partial charge in [-0.25, -0.2) is 0 Å². The van der Waals surface area contributed by atoms with Gasteiger partial charge in [0.15, 0.2) is 0 Å². The molecule has 0 aromatic carbocycles. The summed E-state index contributed by atoms with van der Waals surface area (Å²) in [6, 6.07) is 0.0289. The van der Waals surface area contributed by atoms with Crippen LogP contribution in [0.15, 0.2) is 0 Å². The van der Waals surface area contributed by atoms with Gasteiger partial charge in [0.05, 0.1) is 0 Å². The molecule has 0 spiro atoms. The van der Waals surface area contributed by atoms with Crippen LogP contribution in [-0.2, 0) is 4.79 Å². The maximum absolute atomic E-state index is 11.9. The molecule has 4 nitrogen and oxygen atoms in total. The normalized spacial score (nSPS) is 22.7. The summed E-state index contributed by atoms with van der Waals surface area (Å²) in [5.74, 6) is 0.830. The zero-order valence-electron chi connectivity index (χ0n) is 11.5. The molecule has 1 saturated heterocycles. The molecule has 2 atom stereocenters. The molecule has 1 heterocycles. The fraction of sp³-hybridized carbons (Fsp3) is 0.923. The average Bonchev–Trinajstić information content (AvgIpc) is 2.64. The highest BCUT2D eigenvalue weighted by atomic mass is 16.2. The van der Waals surface area contributed by atoms with Crippen LogP contribution in [0.2, 0.25) is 0 Å². The van der Waals surface area contributed by atoms with Crippen LogP contribution in [0, 0.1) is 5.92 Å². The standard InChI is InChI=1S/C13H27N3O/c1-4-5-12(14)8-13(17)16(3)10-11-6-7-15(2)9-11/h11-12H,4-10,14H2,1-3H3. The molecule has 0 aromatic heterocycles. The molecule has 1 rings (SSSR count). The minimum absolute atomic E-state index is 0.0289. The number of nitrogens with zero attached hydrogens (tertiary/aromatic N) is 2. The summed E-state index contributed by atoms with van der Waals surface area (Å²) in [5, 5.41) is 0. The maximum atomic E-state index is 11.9. The van der Waals surface area contributed by atoms with Crippen molar-refractivity contribution in [2.75, 3.05) is 33.7 Å². The number of carbonyl (C=O) groups excluding carboxylic acids is 1. The van der Waals surface area contributed by atoms with Gasteiger partial charge < -0.3 is 15.5 Å². The van der Waals surface area contributed by atoms with Crippen LogP contribution in [0.25, 0.3) is 0 Å². The highest BCUT2D eigenvalue weighted by molar-refractivity contribution is 5.76. The second-order valence-electron chi connectivity index (χ2n) is 5.44. The van der Waals surface area contributed by atoms with Crippen LogP contribution in [0.4, 0.5) is 0 Å². The Hall–Kier alpha value is -0.610. The molecule has 0 aliphatic carbocycles. The van der Waals surface area contributed by atoms with E-state index >= 15 is 0 Å². The van der Waals surface area contributed by atoms with Crippen LogP contribution in [0.3, 0.4) is 0 Å². The topological polar surface area (TPSA) is 49.6 Å². The predicted octanol–water partition coefficient (Wildman–Crippen LogP) is 0.914. The number of likely N-dealkylation sites (tertiary alicyclic amines) is 1. The van der Waals surface area contributed by atoms with Crippen LogP contribution in [0.5, 0.6) is 0 Å². The largest absolute Gasteiger partial charge is 0.345 e. The van der Waals surface area contributed by atoms with E-state index in [4.69, 9.17) is 5.73 Å². The van der Waals surface area contributed by atoms with E-state index in [1.165, 1.54) is 6.42 Å². The first-order valence-electron chi connectivity index (χ1n) is 6.71. The van der Waals surface area contributed by atoms with E-state index in [2.05, 4.69) is 18.9 Å². The Morgan fingerprint density at radius 2 is 2.29 bits per heavy atom. The fourth-order valence-corrected chi connectivity index (χ4v) is 2.52. The number of carbonyl (C=O) groups is 1. The zero-order chi connectivity index (χ0) is 12.8. The second-order valence-corrected chi connectivity index (χ2v) is 5.44. The average molecular weight is 241 g/mol. The molecule has 0 saturated carbocycles. The van der Waals surface area contributed by atoms with Crippen molar-refractivity contribution in [2.45, 2.75) is 38.6 Å². The molecule has 1 aliphatic heterocycles. The first kappa shape index (κ1) is 14.5. The van der Waals surface area contributed by atoms with Gasteiger partial charge in [-0.2, -0.15) is 0 Å². The Morgan fingerprint density at radius 1 is 1.59 bits per heavy atom. The molecule has 1 aliphatic rings. The van der Waals surface area contributed by atoms with Crippen molar-refractivity contribution in [2.24, 2.45) is 11.7 Å². The van der Waals surface area contributed by atoms with Crippen molar-refractivity contribution in [1.29, 1.82) is 0 Å². The third kappa shape index (κ3) is 5.04. The van der Waals surface area contributed by atoms with Gasteiger partial charge in [-0.1, -0.05) is 13.3 Å². The van der Waals surface area contributed by atoms with E-state index in [0.717, 1.165) is 32.5 Å². The SMILES string of the molecule is CCCC(N)CC(=O)N(C)CC1CCN(C)C1. The summed E-state index contributed by atoms with van der Waals surface area (Å²) < 4.78 is 0. The molecule has 100 valence electrons. The highest BCUT2D eigenvalue weighted by Gasteiger charge is 2.23. The lowest BCUT2D eigenvalue weighted by Crippen LogP contribution is -2.36. The number of hydrogen-bond donors (Lipinski definition) is 1. The minimum atomic E-state index is 0.0289. The number of hydrogen-bond acceptors (Lipinski definition) is 3. The van der Waals surface area contributed by atoms with Crippen LogP contribution < -0.4 is 5.73 Å². The van der Waals surface area contributed by atoms with Gasteiger partial charge in [-0.05, 0) is 32.4 Å². The molecule has 1 fully saturated rings. The van der Waals surface area contributed by atoms with E-state index in [9.17, 15) is 4.79 Å². The fourth-order valence-electron chi connectivity index (χ4n) is 2.52. The summed E-state index contributed by atoms with van der Waals surface area (Å²) in [6.07, 6.45) is 3.68. The molecule has 1 amide bonds. The Bertz CT molecular complexity index is 245. The zero-order valence-corrected chi connectivity index (χ0v) is 11.5. The smallest absolute Gasteiger partial charge is 0.223 e. The minimum Gasteiger partial charge on any atom is -0.345 e. The maximum Gasteiger partial charge on any atom is 0.223 e. The van der Waals surface area contributed by atoms with Crippen molar-refractivity contribution < 1.29 is 4.79 Å². The van der Waals surface area contributed by atoms with E-state index in [0.29, 0.717) is 12.3 Å². The highest BCUT2D eigenvalue weighted by Crippen LogP contribution is 2.15. The van der Waals surface area contributed by atoms with Crippen LogP contribution >= 0.6 is 0 Å². The van der Waals surface area contributed by atoms with Gasteiger partial charge in [0.1, 0.15) is 0 Å². The van der Waals surface area contributed by atoms with Gasteiger partial charge in [0.25, 0.3) is 0 Å². The van der Waals surface area contributed by atoms with Gasteiger partial charge in [-0.3, -0.25) is 4.79 Å².